The Balaban J connectivity index is 1.92. The van der Waals surface area contributed by atoms with Crippen LogP contribution in [0.5, 0.6) is 5.75 Å². The number of hydrogen-bond acceptors (Lipinski definition) is 7. The SMILES string of the molecule is CCOc1ccc(NC(=O)Nc2cc(C(C)(C)CC(=O)O)ccc2N(CC)C2CCSC(O)(O)C2)cc1. The molecule has 37 heavy (non-hydrogen) atoms. The molecule has 5 N–H and O–H groups in total. The number of anilines is 3. The van der Waals surface area contributed by atoms with E-state index < -0.39 is 22.5 Å². The molecule has 2 amide bonds. The van der Waals surface area contributed by atoms with E-state index >= 15 is 0 Å². The first kappa shape index (κ1) is 28.6. The van der Waals surface area contributed by atoms with Crippen LogP contribution in [0, 0.1) is 0 Å². The van der Waals surface area contributed by atoms with Gasteiger partial charge in [-0.3, -0.25) is 4.79 Å². The lowest BCUT2D eigenvalue weighted by atomic mass is 9.81. The van der Waals surface area contributed by atoms with E-state index in [1.54, 1.807) is 30.3 Å². The standard InChI is InChI=1S/C27H37N3O6S/c1-5-30(20-13-14-37-27(34,35)16-20)23-12-7-18(26(3,4)17-24(31)32)15-22(23)29-25(33)28-19-8-10-21(11-9-19)36-6-2/h7-12,15,20,34-35H,5-6,13-14,16-17H2,1-4H3,(H,31,32)(H2,28,29,33). The number of hydrogen-bond donors (Lipinski definition) is 5. The average molecular weight is 532 g/mol. The normalized spacial score (nSPS) is 17.1. The molecule has 0 radical (unpaired) electrons. The van der Waals surface area contributed by atoms with Crippen molar-refractivity contribution in [1.82, 2.24) is 0 Å². The Kier molecular flexibility index (Phi) is 9.33. The molecule has 9 nitrogen and oxygen atoms in total. The number of benzene rings is 2. The minimum absolute atomic E-state index is 0.0704. The Morgan fingerprint density at radius 2 is 1.84 bits per heavy atom. The molecule has 0 aliphatic carbocycles. The van der Waals surface area contributed by atoms with Crippen molar-refractivity contribution in [3.63, 3.8) is 0 Å². The summed E-state index contributed by atoms with van der Waals surface area (Å²) in [4.78, 5) is 26.5. The van der Waals surface area contributed by atoms with Crippen molar-refractivity contribution < 1.29 is 29.6 Å². The highest BCUT2D eigenvalue weighted by Gasteiger charge is 2.36. The fourth-order valence-corrected chi connectivity index (χ4v) is 5.62. The van der Waals surface area contributed by atoms with Gasteiger partial charge in [0, 0.05) is 35.9 Å². The Hall–Kier alpha value is -2.95. The van der Waals surface area contributed by atoms with E-state index in [1.807, 2.05) is 39.8 Å². The first-order chi connectivity index (χ1) is 17.4. The Bertz CT molecular complexity index is 1090. The average Bonchev–Trinajstić information content (AvgIpc) is 2.80. The molecular formula is C27H37N3O6S. The monoisotopic (exact) mass is 531 g/mol. The van der Waals surface area contributed by atoms with Crippen LogP contribution in [-0.2, 0) is 10.2 Å². The highest BCUT2D eigenvalue weighted by Crippen LogP contribution is 2.40. The van der Waals surface area contributed by atoms with Crippen molar-refractivity contribution in [3.8, 4) is 5.75 Å². The first-order valence-electron chi connectivity index (χ1n) is 12.5. The van der Waals surface area contributed by atoms with Gasteiger partial charge in [-0.2, -0.15) is 0 Å². The van der Waals surface area contributed by atoms with Gasteiger partial charge >= 0.3 is 12.0 Å². The molecule has 0 bridgehead atoms. The lowest BCUT2D eigenvalue weighted by Gasteiger charge is -2.40. The van der Waals surface area contributed by atoms with Crippen LogP contribution in [0.1, 0.15) is 52.5 Å². The Labute approximate surface area is 222 Å². The molecule has 202 valence electrons. The molecule has 2 aromatic carbocycles. The van der Waals surface area contributed by atoms with E-state index in [0.29, 0.717) is 36.0 Å². The third-order valence-electron chi connectivity index (χ3n) is 6.42. The summed E-state index contributed by atoms with van der Waals surface area (Å²) in [5.41, 5.74) is 1.93. The lowest BCUT2D eigenvalue weighted by molar-refractivity contribution is -0.138. The number of carbonyl (C=O) groups excluding carboxylic acids is 1. The molecule has 0 spiro atoms. The summed E-state index contributed by atoms with van der Waals surface area (Å²) in [6, 6.07) is 12.0. The first-order valence-corrected chi connectivity index (χ1v) is 13.4. The zero-order valence-corrected chi connectivity index (χ0v) is 22.6. The number of rotatable bonds is 10. The number of aliphatic carboxylic acids is 1. The van der Waals surface area contributed by atoms with Crippen LogP contribution in [0.2, 0.25) is 0 Å². The molecule has 10 heteroatoms. The second kappa shape index (κ2) is 12.1. The van der Waals surface area contributed by atoms with Crippen molar-refractivity contribution in [1.29, 1.82) is 0 Å². The molecule has 1 heterocycles. The number of carboxylic acid groups (broad SMARTS) is 1. The summed E-state index contributed by atoms with van der Waals surface area (Å²) in [7, 11) is 0. The molecule has 2 aromatic rings. The highest BCUT2D eigenvalue weighted by atomic mass is 32.2. The van der Waals surface area contributed by atoms with E-state index in [1.165, 1.54) is 0 Å². The number of nitrogens with zero attached hydrogens (tertiary/aromatic N) is 1. The smallest absolute Gasteiger partial charge is 0.323 e. The van der Waals surface area contributed by atoms with Gasteiger partial charge in [0.15, 0.2) is 0 Å². The summed E-state index contributed by atoms with van der Waals surface area (Å²) in [5.74, 6) is 0.393. The summed E-state index contributed by atoms with van der Waals surface area (Å²) < 4.78 is 5.45. The summed E-state index contributed by atoms with van der Waals surface area (Å²) in [5, 5.41) is 33.9. The van der Waals surface area contributed by atoms with E-state index in [2.05, 4.69) is 15.5 Å². The molecule has 0 aromatic heterocycles. The van der Waals surface area contributed by atoms with Crippen LogP contribution < -0.4 is 20.3 Å². The van der Waals surface area contributed by atoms with Crippen LogP contribution >= 0.6 is 11.8 Å². The number of aliphatic hydroxyl groups is 2. The van der Waals surface area contributed by atoms with Crippen LogP contribution in [-0.4, -0.2) is 57.4 Å². The molecule has 1 atom stereocenters. The predicted octanol–water partition coefficient (Wildman–Crippen LogP) is 4.84. The number of ether oxygens (including phenoxy) is 1. The molecule has 1 fully saturated rings. The molecule has 1 unspecified atom stereocenters. The maximum absolute atomic E-state index is 13.0. The topological polar surface area (TPSA) is 131 Å². The fourth-order valence-electron chi connectivity index (χ4n) is 4.59. The number of carboxylic acids is 1. The third kappa shape index (κ3) is 7.77. The molecule has 0 saturated carbocycles. The van der Waals surface area contributed by atoms with E-state index in [9.17, 15) is 24.9 Å². The van der Waals surface area contributed by atoms with Crippen LogP contribution in [0.3, 0.4) is 0 Å². The number of carbonyl (C=O) groups is 2. The zero-order chi connectivity index (χ0) is 27.2. The maximum atomic E-state index is 13.0. The van der Waals surface area contributed by atoms with Gasteiger partial charge in [0.1, 0.15) is 5.75 Å². The largest absolute Gasteiger partial charge is 0.494 e. The second-order valence-electron chi connectivity index (χ2n) is 9.75. The molecule has 1 aliphatic rings. The quantitative estimate of drug-likeness (QED) is 0.275. The predicted molar refractivity (Wildman–Crippen MR) is 148 cm³/mol. The van der Waals surface area contributed by atoms with Crippen LogP contribution in [0.25, 0.3) is 0 Å². The zero-order valence-electron chi connectivity index (χ0n) is 21.8. The summed E-state index contributed by atoms with van der Waals surface area (Å²) in [6.45, 7) is 8.70. The van der Waals surface area contributed by atoms with E-state index in [0.717, 1.165) is 29.4 Å². The third-order valence-corrected chi connectivity index (χ3v) is 7.49. The van der Waals surface area contributed by atoms with Crippen molar-refractivity contribution in [2.75, 3.05) is 34.4 Å². The van der Waals surface area contributed by atoms with Gasteiger partial charge in [-0.25, -0.2) is 4.79 Å². The van der Waals surface area contributed by atoms with Crippen LogP contribution in [0.4, 0.5) is 21.9 Å². The second-order valence-corrected chi connectivity index (χ2v) is 11.1. The van der Waals surface area contributed by atoms with Crippen molar-refractivity contribution in [2.24, 2.45) is 0 Å². The van der Waals surface area contributed by atoms with Crippen LogP contribution in [0.15, 0.2) is 42.5 Å². The van der Waals surface area contributed by atoms with Gasteiger partial charge in [0.2, 0.25) is 5.12 Å². The van der Waals surface area contributed by atoms with Crippen molar-refractivity contribution in [2.45, 2.75) is 63.5 Å². The van der Waals surface area contributed by atoms with Crippen molar-refractivity contribution in [3.05, 3.63) is 48.0 Å². The fraction of sp³-hybridized carbons (Fsp3) is 0.481. The van der Waals surface area contributed by atoms with Gasteiger partial charge in [0.25, 0.3) is 0 Å². The summed E-state index contributed by atoms with van der Waals surface area (Å²) >= 11 is 1.12. The van der Waals surface area contributed by atoms with E-state index in [4.69, 9.17) is 4.74 Å². The highest BCUT2D eigenvalue weighted by molar-refractivity contribution is 8.00. The minimum Gasteiger partial charge on any atom is -0.494 e. The molecule has 3 rings (SSSR count). The minimum atomic E-state index is -1.81. The number of amides is 2. The number of urea groups is 1. The molecule has 1 aliphatic heterocycles. The van der Waals surface area contributed by atoms with Gasteiger partial charge in [-0.1, -0.05) is 31.7 Å². The van der Waals surface area contributed by atoms with Gasteiger partial charge in [-0.15, -0.1) is 0 Å². The van der Waals surface area contributed by atoms with E-state index in [-0.39, 0.29) is 18.9 Å². The maximum Gasteiger partial charge on any atom is 0.323 e. The molecular weight excluding hydrogens is 494 g/mol. The Morgan fingerprint density at radius 3 is 2.43 bits per heavy atom. The Morgan fingerprint density at radius 1 is 1.14 bits per heavy atom. The number of nitrogens with one attached hydrogen (secondary N) is 2. The van der Waals surface area contributed by atoms with Crippen molar-refractivity contribution >= 4 is 40.8 Å². The lowest BCUT2D eigenvalue weighted by Crippen LogP contribution is -2.45. The number of thioether (sulfide) groups is 1. The van der Waals surface area contributed by atoms with Gasteiger partial charge < -0.3 is 35.6 Å². The van der Waals surface area contributed by atoms with Gasteiger partial charge in [-0.05, 0) is 62.2 Å². The summed E-state index contributed by atoms with van der Waals surface area (Å²) in [6.07, 6.45) is 0.847. The van der Waals surface area contributed by atoms with Gasteiger partial charge in [0.05, 0.1) is 24.4 Å². The molecule has 1 saturated heterocycles.